The monoisotopic (exact) mass is 284 g/mol. The predicted octanol–water partition coefficient (Wildman–Crippen LogP) is 2.61. The van der Waals surface area contributed by atoms with Crippen LogP contribution in [0.5, 0.6) is 0 Å². The van der Waals surface area contributed by atoms with E-state index in [1.807, 2.05) is 0 Å². The van der Waals surface area contributed by atoms with Gasteiger partial charge in [0, 0.05) is 29.1 Å². The lowest BCUT2D eigenvalue weighted by molar-refractivity contribution is -0.122. The number of hydrogen-bond acceptors (Lipinski definition) is 2. The molecule has 19 heavy (non-hydrogen) atoms. The van der Waals surface area contributed by atoms with Gasteiger partial charge in [-0.3, -0.25) is 4.79 Å². The van der Waals surface area contributed by atoms with Gasteiger partial charge < -0.3 is 11.1 Å². The molecule has 1 fully saturated rings. The zero-order chi connectivity index (χ0) is 13.8. The number of rotatable bonds is 4. The van der Waals surface area contributed by atoms with Crippen LogP contribution in [-0.2, 0) is 11.3 Å². The minimum Gasteiger partial charge on any atom is -0.369 e. The lowest BCUT2D eigenvalue weighted by Crippen LogP contribution is -2.36. The molecule has 1 aliphatic carbocycles. The van der Waals surface area contributed by atoms with Crippen LogP contribution in [0.15, 0.2) is 18.2 Å². The summed E-state index contributed by atoms with van der Waals surface area (Å²) in [6.45, 7) is 0.414. The van der Waals surface area contributed by atoms with Crippen molar-refractivity contribution in [2.45, 2.75) is 38.3 Å². The zero-order valence-electron chi connectivity index (χ0n) is 10.7. The van der Waals surface area contributed by atoms with E-state index in [2.05, 4.69) is 5.32 Å². The first kappa shape index (κ1) is 14.3. The highest BCUT2D eigenvalue weighted by Gasteiger charge is 2.24. The highest BCUT2D eigenvalue weighted by Crippen LogP contribution is 2.25. The molecule has 0 aromatic heterocycles. The van der Waals surface area contributed by atoms with E-state index in [1.54, 1.807) is 12.1 Å². The number of nitrogens with one attached hydrogen (secondary N) is 1. The van der Waals surface area contributed by atoms with Gasteiger partial charge >= 0.3 is 0 Å². The van der Waals surface area contributed by atoms with E-state index in [4.69, 9.17) is 17.3 Å². The van der Waals surface area contributed by atoms with Crippen molar-refractivity contribution in [3.05, 3.63) is 34.6 Å². The standard InChI is InChI=1S/C14H18ClFN2O/c15-12-2-1-3-13(16)11(12)8-18-10-6-4-9(5-7-10)14(17)19/h1-3,9-10,18H,4-8H2,(H2,17,19). The topological polar surface area (TPSA) is 55.1 Å². The van der Waals surface area contributed by atoms with Gasteiger partial charge in [0.15, 0.2) is 0 Å². The van der Waals surface area contributed by atoms with Crippen LogP contribution in [0.25, 0.3) is 0 Å². The summed E-state index contributed by atoms with van der Waals surface area (Å²) in [5.74, 6) is -0.503. The van der Waals surface area contributed by atoms with E-state index in [0.29, 0.717) is 23.2 Å². The minimum atomic E-state index is -0.286. The summed E-state index contributed by atoms with van der Waals surface area (Å²) in [4.78, 5) is 11.1. The van der Waals surface area contributed by atoms with Crippen LogP contribution in [0.4, 0.5) is 4.39 Å². The van der Waals surface area contributed by atoms with Crippen LogP contribution in [0.3, 0.4) is 0 Å². The molecule has 2 rings (SSSR count). The summed E-state index contributed by atoms with van der Waals surface area (Å²) >= 11 is 5.97. The van der Waals surface area contributed by atoms with Gasteiger partial charge in [0.05, 0.1) is 0 Å². The van der Waals surface area contributed by atoms with Crippen molar-refractivity contribution in [3.8, 4) is 0 Å². The Labute approximate surface area is 117 Å². The van der Waals surface area contributed by atoms with Crippen molar-refractivity contribution < 1.29 is 9.18 Å². The van der Waals surface area contributed by atoms with Gasteiger partial charge in [0.2, 0.25) is 5.91 Å². The maximum atomic E-state index is 13.6. The lowest BCUT2D eigenvalue weighted by Gasteiger charge is -2.27. The third kappa shape index (κ3) is 3.67. The number of hydrogen-bond donors (Lipinski definition) is 2. The van der Waals surface area contributed by atoms with Crippen LogP contribution >= 0.6 is 11.6 Å². The zero-order valence-corrected chi connectivity index (χ0v) is 11.4. The van der Waals surface area contributed by atoms with E-state index in [0.717, 1.165) is 25.7 Å². The molecular formula is C14H18ClFN2O. The van der Waals surface area contributed by atoms with Gasteiger partial charge in [-0.1, -0.05) is 17.7 Å². The number of carbonyl (C=O) groups excluding carboxylic acids is 1. The SMILES string of the molecule is NC(=O)C1CCC(NCc2c(F)cccc2Cl)CC1. The molecule has 3 nitrogen and oxygen atoms in total. The van der Waals surface area contributed by atoms with Crippen molar-refractivity contribution in [1.29, 1.82) is 0 Å². The van der Waals surface area contributed by atoms with E-state index < -0.39 is 0 Å². The number of nitrogens with two attached hydrogens (primary N) is 1. The molecule has 1 aliphatic rings. The third-order valence-electron chi connectivity index (χ3n) is 3.76. The normalized spacial score (nSPS) is 23.3. The number of primary amides is 1. The fourth-order valence-corrected chi connectivity index (χ4v) is 2.76. The molecule has 0 atom stereocenters. The maximum absolute atomic E-state index is 13.6. The average molecular weight is 285 g/mol. The first-order valence-corrected chi connectivity index (χ1v) is 6.91. The van der Waals surface area contributed by atoms with Crippen molar-refractivity contribution in [3.63, 3.8) is 0 Å². The van der Waals surface area contributed by atoms with Crippen molar-refractivity contribution in [1.82, 2.24) is 5.32 Å². The molecule has 3 N–H and O–H groups in total. The molecule has 0 heterocycles. The summed E-state index contributed by atoms with van der Waals surface area (Å²) in [6.07, 6.45) is 3.38. The number of benzene rings is 1. The van der Waals surface area contributed by atoms with Crippen LogP contribution in [0.2, 0.25) is 5.02 Å². The predicted molar refractivity (Wildman–Crippen MR) is 73.2 cm³/mol. The molecule has 0 radical (unpaired) electrons. The molecule has 0 aliphatic heterocycles. The molecule has 5 heteroatoms. The molecule has 1 saturated carbocycles. The smallest absolute Gasteiger partial charge is 0.220 e. The van der Waals surface area contributed by atoms with Crippen LogP contribution in [0, 0.1) is 11.7 Å². The Balaban J connectivity index is 1.86. The Morgan fingerprint density at radius 3 is 2.63 bits per heavy atom. The summed E-state index contributed by atoms with van der Waals surface area (Å²) in [7, 11) is 0. The summed E-state index contributed by atoms with van der Waals surface area (Å²) in [5.41, 5.74) is 5.79. The first-order chi connectivity index (χ1) is 9.08. The fraction of sp³-hybridized carbons (Fsp3) is 0.500. The van der Waals surface area contributed by atoms with Crippen molar-refractivity contribution in [2.75, 3.05) is 0 Å². The molecule has 1 aromatic carbocycles. The Hall–Kier alpha value is -1.13. The van der Waals surface area contributed by atoms with E-state index >= 15 is 0 Å². The highest BCUT2D eigenvalue weighted by molar-refractivity contribution is 6.31. The Kier molecular flexibility index (Phi) is 4.77. The maximum Gasteiger partial charge on any atom is 0.220 e. The number of halogens is 2. The van der Waals surface area contributed by atoms with E-state index in [9.17, 15) is 9.18 Å². The molecule has 0 bridgehead atoms. The van der Waals surface area contributed by atoms with Gasteiger partial charge in [0.1, 0.15) is 5.82 Å². The second-order valence-electron chi connectivity index (χ2n) is 5.03. The minimum absolute atomic E-state index is 0.00454. The first-order valence-electron chi connectivity index (χ1n) is 6.53. The molecule has 104 valence electrons. The lowest BCUT2D eigenvalue weighted by atomic mass is 9.85. The largest absolute Gasteiger partial charge is 0.369 e. The van der Waals surface area contributed by atoms with Crippen LogP contribution < -0.4 is 11.1 Å². The van der Waals surface area contributed by atoms with Gasteiger partial charge in [-0.05, 0) is 37.8 Å². The summed E-state index contributed by atoms with van der Waals surface area (Å²) < 4.78 is 13.6. The Morgan fingerprint density at radius 2 is 2.05 bits per heavy atom. The molecule has 1 amide bonds. The molecular weight excluding hydrogens is 267 g/mol. The highest BCUT2D eigenvalue weighted by atomic mass is 35.5. The fourth-order valence-electron chi connectivity index (χ4n) is 2.53. The number of amides is 1. The van der Waals surface area contributed by atoms with Gasteiger partial charge in [-0.2, -0.15) is 0 Å². The summed E-state index contributed by atoms with van der Waals surface area (Å²) in [5, 5.41) is 3.75. The van der Waals surface area contributed by atoms with E-state index in [-0.39, 0.29) is 17.6 Å². The number of carbonyl (C=O) groups is 1. The third-order valence-corrected chi connectivity index (χ3v) is 4.11. The van der Waals surface area contributed by atoms with E-state index in [1.165, 1.54) is 6.07 Å². The average Bonchev–Trinajstić information content (AvgIpc) is 2.38. The van der Waals surface area contributed by atoms with Crippen LogP contribution in [0.1, 0.15) is 31.2 Å². The second kappa shape index (κ2) is 6.35. The molecule has 1 aromatic rings. The Bertz CT molecular complexity index is 439. The van der Waals surface area contributed by atoms with Gasteiger partial charge in [0.25, 0.3) is 0 Å². The van der Waals surface area contributed by atoms with Gasteiger partial charge in [-0.25, -0.2) is 4.39 Å². The Morgan fingerprint density at radius 1 is 1.37 bits per heavy atom. The second-order valence-corrected chi connectivity index (χ2v) is 5.44. The molecule has 0 spiro atoms. The van der Waals surface area contributed by atoms with Gasteiger partial charge in [-0.15, -0.1) is 0 Å². The quantitative estimate of drug-likeness (QED) is 0.893. The van der Waals surface area contributed by atoms with Crippen LogP contribution in [-0.4, -0.2) is 11.9 Å². The molecule has 0 unspecified atom stereocenters. The van der Waals surface area contributed by atoms with Crippen molar-refractivity contribution in [2.24, 2.45) is 11.7 Å². The molecule has 0 saturated heterocycles. The summed E-state index contributed by atoms with van der Waals surface area (Å²) in [6, 6.07) is 4.99. The van der Waals surface area contributed by atoms with Crippen molar-refractivity contribution >= 4 is 17.5 Å².